The Balaban J connectivity index is 1.80. The molecule has 3 aromatic rings. The molecule has 29 heavy (non-hydrogen) atoms. The van der Waals surface area contributed by atoms with Gasteiger partial charge in [0, 0.05) is 30.9 Å². The van der Waals surface area contributed by atoms with Crippen LogP contribution in [0.3, 0.4) is 0 Å². The average molecular weight is 402 g/mol. The number of anilines is 1. The third-order valence-electron chi connectivity index (χ3n) is 4.74. The van der Waals surface area contributed by atoms with E-state index in [1.54, 1.807) is 18.2 Å². The highest BCUT2D eigenvalue weighted by molar-refractivity contribution is 5.70. The Morgan fingerprint density at radius 2 is 1.83 bits per heavy atom. The van der Waals surface area contributed by atoms with Crippen molar-refractivity contribution in [2.45, 2.75) is 18.7 Å². The summed E-state index contributed by atoms with van der Waals surface area (Å²) < 4.78 is 38.6. The topological polar surface area (TPSA) is 82.4 Å². The van der Waals surface area contributed by atoms with Crippen LogP contribution in [0.15, 0.2) is 48.7 Å². The molecule has 0 bridgehead atoms. The standard InChI is InChI=1S/C20H17F3N4O2/c21-20(22,23)13-5-3-12(4-6-13)16-10-17(27-9-7-14(28)11-27)26-18(25-16)15-2-1-8-24-19(15)29/h1-6,8,10,14,28H,7,9,11H2,(H,24,29). The maximum absolute atomic E-state index is 12.9. The van der Waals surface area contributed by atoms with Crippen LogP contribution < -0.4 is 4.90 Å². The number of alkyl halides is 3. The van der Waals surface area contributed by atoms with Gasteiger partial charge in [0.05, 0.1) is 22.9 Å². The summed E-state index contributed by atoms with van der Waals surface area (Å²) in [6.07, 6.45) is -2.88. The van der Waals surface area contributed by atoms with Crippen LogP contribution in [0.1, 0.15) is 12.0 Å². The van der Waals surface area contributed by atoms with Crippen molar-refractivity contribution in [2.24, 2.45) is 0 Å². The molecular formula is C20H17F3N4O2. The van der Waals surface area contributed by atoms with Gasteiger partial charge >= 0.3 is 6.18 Å². The molecule has 1 aromatic carbocycles. The molecule has 0 aliphatic carbocycles. The summed E-state index contributed by atoms with van der Waals surface area (Å²) >= 11 is 0. The van der Waals surface area contributed by atoms with E-state index in [2.05, 4.69) is 15.0 Å². The van der Waals surface area contributed by atoms with Crippen molar-refractivity contribution in [3.8, 4) is 28.5 Å². The molecule has 150 valence electrons. The smallest absolute Gasteiger partial charge is 0.416 e. The molecule has 3 heterocycles. The van der Waals surface area contributed by atoms with E-state index in [0.717, 1.165) is 12.1 Å². The molecule has 2 N–H and O–H groups in total. The van der Waals surface area contributed by atoms with Crippen molar-refractivity contribution < 1.29 is 23.4 Å². The molecule has 1 aliphatic rings. The minimum absolute atomic E-state index is 0.199. The highest BCUT2D eigenvalue weighted by atomic mass is 19.4. The maximum Gasteiger partial charge on any atom is 0.416 e. The largest absolute Gasteiger partial charge is 0.493 e. The van der Waals surface area contributed by atoms with Gasteiger partial charge in [-0.25, -0.2) is 15.0 Å². The minimum atomic E-state index is -4.42. The lowest BCUT2D eigenvalue weighted by atomic mass is 10.1. The van der Waals surface area contributed by atoms with Crippen LogP contribution in [0.25, 0.3) is 22.6 Å². The van der Waals surface area contributed by atoms with E-state index >= 15 is 0 Å². The fourth-order valence-electron chi connectivity index (χ4n) is 3.22. The van der Waals surface area contributed by atoms with Gasteiger partial charge in [-0.15, -0.1) is 0 Å². The Hall–Kier alpha value is -3.20. The van der Waals surface area contributed by atoms with E-state index in [1.165, 1.54) is 18.3 Å². The lowest BCUT2D eigenvalue weighted by molar-refractivity contribution is -0.137. The number of aliphatic hydroxyl groups is 1. The zero-order valence-corrected chi connectivity index (χ0v) is 15.1. The Morgan fingerprint density at radius 3 is 2.45 bits per heavy atom. The van der Waals surface area contributed by atoms with Gasteiger partial charge in [-0.1, -0.05) is 12.1 Å². The number of hydrogen-bond donors (Lipinski definition) is 2. The van der Waals surface area contributed by atoms with Crippen molar-refractivity contribution in [1.29, 1.82) is 0 Å². The number of aromatic hydroxyl groups is 1. The van der Waals surface area contributed by atoms with Gasteiger partial charge in [0.25, 0.3) is 0 Å². The summed E-state index contributed by atoms with van der Waals surface area (Å²) in [6.45, 7) is 0.977. The zero-order valence-electron chi connectivity index (χ0n) is 15.1. The van der Waals surface area contributed by atoms with Gasteiger partial charge in [0.15, 0.2) is 5.82 Å². The second-order valence-corrected chi connectivity index (χ2v) is 6.77. The number of pyridine rings is 1. The SMILES string of the molecule is Oc1ncccc1-c1nc(-c2ccc(C(F)(F)F)cc2)cc(N2CCC(O)C2)n1. The number of rotatable bonds is 3. The average Bonchev–Trinajstić information content (AvgIpc) is 3.14. The van der Waals surface area contributed by atoms with Gasteiger partial charge in [-0.3, -0.25) is 0 Å². The second-order valence-electron chi connectivity index (χ2n) is 6.77. The van der Waals surface area contributed by atoms with Gasteiger partial charge in [-0.05, 0) is 30.7 Å². The van der Waals surface area contributed by atoms with Crippen LogP contribution >= 0.6 is 0 Å². The predicted molar refractivity (Wildman–Crippen MR) is 100 cm³/mol. The van der Waals surface area contributed by atoms with Crippen LogP contribution in [0, 0.1) is 0 Å². The Morgan fingerprint density at radius 1 is 1.07 bits per heavy atom. The molecule has 1 saturated heterocycles. The molecule has 9 heteroatoms. The van der Waals surface area contributed by atoms with Crippen LogP contribution in [0.4, 0.5) is 19.0 Å². The summed E-state index contributed by atoms with van der Waals surface area (Å²) in [4.78, 5) is 14.6. The zero-order chi connectivity index (χ0) is 20.6. The molecule has 2 aromatic heterocycles. The van der Waals surface area contributed by atoms with Crippen LogP contribution in [0.5, 0.6) is 5.88 Å². The second kappa shape index (κ2) is 7.32. The number of nitrogens with zero attached hydrogens (tertiary/aromatic N) is 4. The molecule has 4 rings (SSSR count). The van der Waals surface area contributed by atoms with E-state index in [-0.39, 0.29) is 11.7 Å². The van der Waals surface area contributed by atoms with E-state index < -0.39 is 17.8 Å². The lowest BCUT2D eigenvalue weighted by Crippen LogP contribution is -2.22. The van der Waals surface area contributed by atoms with E-state index in [9.17, 15) is 23.4 Å². The normalized spacial score (nSPS) is 17.0. The first-order valence-electron chi connectivity index (χ1n) is 8.95. The molecule has 1 unspecified atom stereocenters. The number of aromatic nitrogens is 3. The lowest BCUT2D eigenvalue weighted by Gasteiger charge is -2.18. The monoisotopic (exact) mass is 402 g/mol. The van der Waals surface area contributed by atoms with Crippen molar-refractivity contribution in [2.75, 3.05) is 18.0 Å². The maximum atomic E-state index is 12.9. The molecule has 0 amide bonds. The van der Waals surface area contributed by atoms with Gasteiger partial charge in [0.1, 0.15) is 5.82 Å². The number of halogens is 3. The van der Waals surface area contributed by atoms with E-state index in [4.69, 9.17) is 0 Å². The first-order valence-corrected chi connectivity index (χ1v) is 8.95. The third-order valence-corrected chi connectivity index (χ3v) is 4.74. The molecule has 1 atom stereocenters. The molecule has 1 aliphatic heterocycles. The highest BCUT2D eigenvalue weighted by Crippen LogP contribution is 2.33. The molecular weight excluding hydrogens is 385 g/mol. The molecule has 0 saturated carbocycles. The van der Waals surface area contributed by atoms with Crippen LogP contribution in [-0.4, -0.2) is 44.4 Å². The minimum Gasteiger partial charge on any atom is -0.493 e. The number of hydrogen-bond acceptors (Lipinski definition) is 6. The van der Waals surface area contributed by atoms with E-state index in [0.29, 0.717) is 42.1 Å². The van der Waals surface area contributed by atoms with E-state index in [1.807, 2.05) is 4.90 Å². The first kappa shape index (κ1) is 19.1. The summed E-state index contributed by atoms with van der Waals surface area (Å²) in [5, 5.41) is 19.9. The van der Waals surface area contributed by atoms with Crippen molar-refractivity contribution in [1.82, 2.24) is 15.0 Å². The number of benzene rings is 1. The Bertz CT molecular complexity index is 1020. The summed E-state index contributed by atoms with van der Waals surface area (Å²) in [5.41, 5.74) is 0.444. The Labute approximate surface area is 164 Å². The summed E-state index contributed by atoms with van der Waals surface area (Å²) in [7, 11) is 0. The Kier molecular flexibility index (Phi) is 4.83. The molecule has 6 nitrogen and oxygen atoms in total. The number of aliphatic hydroxyl groups excluding tert-OH is 1. The fourth-order valence-corrected chi connectivity index (χ4v) is 3.22. The van der Waals surface area contributed by atoms with Crippen molar-refractivity contribution in [3.05, 3.63) is 54.2 Å². The molecule has 0 radical (unpaired) electrons. The van der Waals surface area contributed by atoms with Crippen LogP contribution in [-0.2, 0) is 6.18 Å². The summed E-state index contributed by atoms with van der Waals surface area (Å²) in [5.74, 6) is 0.471. The molecule has 0 spiro atoms. The van der Waals surface area contributed by atoms with Gasteiger partial charge in [0.2, 0.25) is 5.88 Å². The van der Waals surface area contributed by atoms with Gasteiger partial charge in [-0.2, -0.15) is 13.2 Å². The number of β-amino-alcohol motifs (C(OH)–C–C–N with tert-alkyl or cyclic N) is 1. The predicted octanol–water partition coefficient (Wildman–Crippen LogP) is 3.50. The van der Waals surface area contributed by atoms with Gasteiger partial charge < -0.3 is 15.1 Å². The third kappa shape index (κ3) is 4.00. The van der Waals surface area contributed by atoms with Crippen LogP contribution in [0.2, 0.25) is 0 Å². The summed E-state index contributed by atoms with van der Waals surface area (Å²) in [6, 6.07) is 9.59. The first-order chi connectivity index (χ1) is 13.8. The fraction of sp³-hybridized carbons (Fsp3) is 0.250. The molecule has 1 fully saturated rings. The van der Waals surface area contributed by atoms with Crippen molar-refractivity contribution >= 4 is 5.82 Å². The van der Waals surface area contributed by atoms with Crippen molar-refractivity contribution in [3.63, 3.8) is 0 Å². The highest BCUT2D eigenvalue weighted by Gasteiger charge is 2.30. The quantitative estimate of drug-likeness (QED) is 0.698.